The number of rotatable bonds is 8. The number of carbonyl (C=O) groups excluding carboxylic acids is 1. The van der Waals surface area contributed by atoms with E-state index in [4.69, 9.17) is 9.47 Å². The second-order valence-corrected chi connectivity index (χ2v) is 9.31. The number of aromatic hydroxyl groups is 1. The third kappa shape index (κ3) is 4.38. The molecule has 0 saturated heterocycles. The maximum atomic E-state index is 13.7. The van der Waals surface area contributed by atoms with Crippen LogP contribution >= 0.6 is 0 Å². The maximum Gasteiger partial charge on any atom is 0.273 e. The van der Waals surface area contributed by atoms with E-state index in [1.807, 2.05) is 32.0 Å². The standard InChI is InChI=1S/C30H28FN3O4/c1-5-12-38-23-11-8-20(15-24(23)37-4)29-26-27(25-18(3)13-17(2)14-22(25)35)32-33-28(26)30(36)34(29)16-19-6-9-21(31)10-7-19/h5-11,13-15,29,35H,1,12,16H2,2-4H3,(H,32,33). The van der Waals surface area contributed by atoms with Gasteiger partial charge >= 0.3 is 0 Å². The predicted molar refractivity (Wildman–Crippen MR) is 142 cm³/mol. The summed E-state index contributed by atoms with van der Waals surface area (Å²) in [4.78, 5) is 15.4. The number of nitrogens with zero attached hydrogens (tertiary/aromatic N) is 2. The fourth-order valence-electron chi connectivity index (χ4n) is 5.06. The Morgan fingerprint density at radius 2 is 1.89 bits per heavy atom. The smallest absolute Gasteiger partial charge is 0.273 e. The van der Waals surface area contributed by atoms with Crippen LogP contribution in [0.5, 0.6) is 17.2 Å². The number of aryl methyl sites for hydroxylation is 2. The Morgan fingerprint density at radius 3 is 2.58 bits per heavy atom. The van der Waals surface area contributed by atoms with E-state index in [0.29, 0.717) is 40.6 Å². The Hall–Kier alpha value is -4.59. The van der Waals surface area contributed by atoms with E-state index in [1.165, 1.54) is 12.1 Å². The summed E-state index contributed by atoms with van der Waals surface area (Å²) in [7, 11) is 1.55. The first-order valence-electron chi connectivity index (χ1n) is 12.2. The highest BCUT2D eigenvalue weighted by molar-refractivity contribution is 6.00. The Bertz CT molecular complexity index is 1500. The van der Waals surface area contributed by atoms with Crippen molar-refractivity contribution < 1.29 is 23.8 Å². The maximum absolute atomic E-state index is 13.7. The van der Waals surface area contributed by atoms with Crippen molar-refractivity contribution in [2.75, 3.05) is 13.7 Å². The van der Waals surface area contributed by atoms with Crippen LogP contribution in [0.3, 0.4) is 0 Å². The van der Waals surface area contributed by atoms with Crippen LogP contribution in [-0.2, 0) is 6.54 Å². The summed E-state index contributed by atoms with van der Waals surface area (Å²) in [5.41, 5.74) is 5.37. The van der Waals surface area contributed by atoms with Gasteiger partial charge in [0, 0.05) is 17.7 Å². The Balaban J connectivity index is 1.67. The number of ether oxygens (including phenoxy) is 2. The molecule has 38 heavy (non-hydrogen) atoms. The summed E-state index contributed by atoms with van der Waals surface area (Å²) in [5.74, 6) is 0.547. The average Bonchev–Trinajstić information content (AvgIpc) is 3.42. The molecule has 194 valence electrons. The first-order valence-corrected chi connectivity index (χ1v) is 12.2. The lowest BCUT2D eigenvalue weighted by Gasteiger charge is -2.27. The fraction of sp³-hybridized carbons (Fsp3) is 0.200. The normalized spacial score (nSPS) is 14.5. The predicted octanol–water partition coefficient (Wildman–Crippen LogP) is 5.86. The van der Waals surface area contributed by atoms with E-state index in [-0.39, 0.29) is 24.0 Å². The quantitative estimate of drug-likeness (QED) is 0.288. The monoisotopic (exact) mass is 513 g/mol. The fourth-order valence-corrected chi connectivity index (χ4v) is 5.06. The van der Waals surface area contributed by atoms with E-state index in [1.54, 1.807) is 42.4 Å². The largest absolute Gasteiger partial charge is 0.507 e. The first kappa shape index (κ1) is 25.1. The summed E-state index contributed by atoms with van der Waals surface area (Å²) < 4.78 is 24.9. The topological polar surface area (TPSA) is 87.7 Å². The summed E-state index contributed by atoms with van der Waals surface area (Å²) >= 11 is 0. The van der Waals surface area contributed by atoms with Crippen LogP contribution in [0, 0.1) is 19.7 Å². The number of fused-ring (bicyclic) bond motifs is 1. The molecule has 0 fully saturated rings. The van der Waals surface area contributed by atoms with Crippen LogP contribution in [0.4, 0.5) is 4.39 Å². The highest BCUT2D eigenvalue weighted by atomic mass is 19.1. The van der Waals surface area contributed by atoms with Gasteiger partial charge in [-0.3, -0.25) is 9.89 Å². The number of carbonyl (C=O) groups is 1. The number of nitrogens with one attached hydrogen (secondary N) is 1. The molecule has 5 rings (SSSR count). The zero-order valence-electron chi connectivity index (χ0n) is 21.4. The molecule has 1 aliphatic heterocycles. The van der Waals surface area contributed by atoms with Crippen LogP contribution in [-0.4, -0.2) is 39.8 Å². The van der Waals surface area contributed by atoms with Gasteiger partial charge < -0.3 is 19.5 Å². The molecular formula is C30H28FN3O4. The first-order chi connectivity index (χ1) is 18.3. The van der Waals surface area contributed by atoms with Crippen molar-refractivity contribution in [2.24, 2.45) is 0 Å². The number of methoxy groups -OCH3 is 1. The summed E-state index contributed by atoms with van der Waals surface area (Å²) in [5, 5.41) is 18.3. The lowest BCUT2D eigenvalue weighted by atomic mass is 9.93. The van der Waals surface area contributed by atoms with E-state index in [9.17, 15) is 14.3 Å². The van der Waals surface area contributed by atoms with E-state index < -0.39 is 6.04 Å². The third-order valence-corrected chi connectivity index (χ3v) is 6.69. The molecule has 0 saturated carbocycles. The minimum Gasteiger partial charge on any atom is -0.507 e. The van der Waals surface area contributed by atoms with Gasteiger partial charge in [0.05, 0.1) is 13.2 Å². The molecule has 3 aromatic carbocycles. The molecule has 8 heteroatoms. The van der Waals surface area contributed by atoms with Gasteiger partial charge in [-0.1, -0.05) is 36.9 Å². The van der Waals surface area contributed by atoms with Crippen molar-refractivity contribution in [1.82, 2.24) is 15.1 Å². The molecule has 2 N–H and O–H groups in total. The Labute approximate surface area is 220 Å². The average molecular weight is 514 g/mol. The van der Waals surface area contributed by atoms with Crippen LogP contribution in [0.2, 0.25) is 0 Å². The number of halogens is 1. The molecule has 0 aliphatic carbocycles. The van der Waals surface area contributed by atoms with Gasteiger partial charge in [-0.05, 0) is 66.4 Å². The van der Waals surface area contributed by atoms with Gasteiger partial charge in [-0.2, -0.15) is 5.10 Å². The van der Waals surface area contributed by atoms with Gasteiger partial charge in [0.15, 0.2) is 11.5 Å². The number of benzene rings is 3. The van der Waals surface area contributed by atoms with Crippen molar-refractivity contribution in [3.8, 4) is 28.5 Å². The molecule has 7 nitrogen and oxygen atoms in total. The van der Waals surface area contributed by atoms with E-state index >= 15 is 0 Å². The van der Waals surface area contributed by atoms with Crippen molar-refractivity contribution in [1.29, 1.82) is 0 Å². The van der Waals surface area contributed by atoms with Gasteiger partial charge in [-0.25, -0.2) is 4.39 Å². The summed E-state index contributed by atoms with van der Waals surface area (Å²) in [6.45, 7) is 8.05. The highest BCUT2D eigenvalue weighted by Crippen LogP contribution is 2.47. The molecule has 1 atom stereocenters. The summed E-state index contributed by atoms with van der Waals surface area (Å²) in [6.07, 6.45) is 1.65. The van der Waals surface area contributed by atoms with E-state index in [0.717, 1.165) is 22.3 Å². The summed E-state index contributed by atoms with van der Waals surface area (Å²) in [6, 6.07) is 14.7. The number of H-pyrrole nitrogens is 1. The molecule has 0 bridgehead atoms. The minimum atomic E-state index is -0.557. The number of phenolic OH excluding ortho intramolecular Hbond substituents is 1. The molecular weight excluding hydrogens is 485 g/mol. The number of aromatic nitrogens is 2. The van der Waals surface area contributed by atoms with Crippen LogP contribution in [0.1, 0.15) is 44.3 Å². The van der Waals surface area contributed by atoms with Gasteiger partial charge in [0.1, 0.15) is 29.6 Å². The molecule has 1 unspecified atom stereocenters. The number of phenols is 1. The molecule has 0 spiro atoms. The SMILES string of the molecule is C=CCOc1ccc(C2c3c(-c4c(C)cc(C)cc4O)n[nH]c3C(=O)N2Cc2ccc(F)cc2)cc1OC. The Morgan fingerprint density at radius 1 is 1.13 bits per heavy atom. The molecule has 1 aliphatic rings. The minimum absolute atomic E-state index is 0.0886. The van der Waals surface area contributed by atoms with Gasteiger partial charge in [0.2, 0.25) is 0 Å². The number of hydrogen-bond acceptors (Lipinski definition) is 5. The van der Waals surface area contributed by atoms with Crippen molar-refractivity contribution in [3.63, 3.8) is 0 Å². The second-order valence-electron chi connectivity index (χ2n) is 9.31. The van der Waals surface area contributed by atoms with Crippen molar-refractivity contribution >= 4 is 5.91 Å². The number of hydrogen-bond donors (Lipinski definition) is 2. The lowest BCUT2D eigenvalue weighted by Crippen LogP contribution is -2.29. The highest BCUT2D eigenvalue weighted by Gasteiger charge is 2.43. The lowest BCUT2D eigenvalue weighted by molar-refractivity contribution is 0.0730. The molecule has 0 radical (unpaired) electrons. The zero-order valence-corrected chi connectivity index (χ0v) is 21.4. The van der Waals surface area contributed by atoms with Gasteiger partial charge in [0.25, 0.3) is 5.91 Å². The molecule has 1 aromatic heterocycles. The number of amides is 1. The van der Waals surface area contributed by atoms with Crippen molar-refractivity contribution in [3.05, 3.63) is 107 Å². The van der Waals surface area contributed by atoms with Gasteiger partial charge in [-0.15, -0.1) is 0 Å². The number of aromatic amines is 1. The van der Waals surface area contributed by atoms with E-state index in [2.05, 4.69) is 16.8 Å². The molecule has 2 heterocycles. The molecule has 1 amide bonds. The zero-order chi connectivity index (χ0) is 27.0. The van der Waals surface area contributed by atoms with Crippen LogP contribution in [0.15, 0.2) is 67.3 Å². The Kier molecular flexibility index (Phi) is 6.63. The second kappa shape index (κ2) is 10.0. The van der Waals surface area contributed by atoms with Crippen LogP contribution in [0.25, 0.3) is 11.3 Å². The van der Waals surface area contributed by atoms with Crippen LogP contribution < -0.4 is 9.47 Å². The third-order valence-electron chi connectivity index (χ3n) is 6.69. The van der Waals surface area contributed by atoms with Crippen molar-refractivity contribution in [2.45, 2.75) is 26.4 Å². The molecule has 4 aromatic rings.